The molecule has 0 saturated carbocycles. The van der Waals surface area contributed by atoms with Gasteiger partial charge in [-0.15, -0.1) is 11.3 Å². The summed E-state index contributed by atoms with van der Waals surface area (Å²) in [6.45, 7) is 8.78. The zero-order valence-electron chi connectivity index (χ0n) is 9.50. The normalized spacial score (nSPS) is 14.4. The van der Waals surface area contributed by atoms with Crippen LogP contribution in [0.15, 0.2) is 5.51 Å². The first kappa shape index (κ1) is 11.7. The molecule has 0 aromatic carbocycles. The fourth-order valence-corrected chi connectivity index (χ4v) is 2.23. The molecular weight excluding hydrogens is 192 g/mol. The highest BCUT2D eigenvalue weighted by molar-refractivity contribution is 7.09. The van der Waals surface area contributed by atoms with Crippen LogP contribution in [0.4, 0.5) is 0 Å². The average Bonchev–Trinajstić information content (AvgIpc) is 2.46. The van der Waals surface area contributed by atoms with Gasteiger partial charge in [0.05, 0.1) is 11.2 Å². The van der Waals surface area contributed by atoms with E-state index >= 15 is 0 Å². The van der Waals surface area contributed by atoms with Crippen molar-refractivity contribution in [2.75, 3.05) is 0 Å². The molecule has 0 spiro atoms. The topological polar surface area (TPSA) is 38.9 Å². The molecule has 0 aliphatic rings. The van der Waals surface area contributed by atoms with E-state index in [1.807, 2.05) is 12.4 Å². The molecule has 80 valence electrons. The molecule has 1 heterocycles. The van der Waals surface area contributed by atoms with Crippen LogP contribution in [0.25, 0.3) is 0 Å². The Labute approximate surface area is 90.6 Å². The lowest BCUT2D eigenvalue weighted by Crippen LogP contribution is -2.14. The van der Waals surface area contributed by atoms with Crippen molar-refractivity contribution in [2.24, 2.45) is 11.1 Å². The van der Waals surface area contributed by atoms with Crippen LogP contribution in [0.3, 0.4) is 0 Å². The van der Waals surface area contributed by atoms with Gasteiger partial charge >= 0.3 is 0 Å². The number of nitrogens with zero attached hydrogens (tertiary/aromatic N) is 1. The lowest BCUT2D eigenvalue weighted by molar-refractivity contribution is 0.350. The molecule has 14 heavy (non-hydrogen) atoms. The maximum absolute atomic E-state index is 6.12. The summed E-state index contributed by atoms with van der Waals surface area (Å²) in [5.41, 5.74) is 9.46. The summed E-state index contributed by atoms with van der Waals surface area (Å²) in [5.74, 6) is 0. The van der Waals surface area contributed by atoms with Crippen molar-refractivity contribution < 1.29 is 0 Å². The zero-order chi connectivity index (χ0) is 10.8. The number of hydrogen-bond donors (Lipinski definition) is 1. The molecule has 1 aromatic heterocycles. The minimum Gasteiger partial charge on any atom is -0.323 e. The summed E-state index contributed by atoms with van der Waals surface area (Å²) in [4.78, 5) is 5.47. The Balaban J connectivity index is 2.51. The molecule has 1 aromatic rings. The monoisotopic (exact) mass is 212 g/mol. The van der Waals surface area contributed by atoms with Crippen molar-refractivity contribution in [3.63, 3.8) is 0 Å². The number of nitrogens with two attached hydrogens (primary N) is 1. The Morgan fingerprint density at radius 1 is 1.50 bits per heavy atom. The van der Waals surface area contributed by atoms with E-state index in [2.05, 4.69) is 25.8 Å². The van der Waals surface area contributed by atoms with Crippen LogP contribution in [-0.2, 0) is 0 Å². The molecule has 0 bridgehead atoms. The first-order valence-corrected chi connectivity index (χ1v) is 5.94. The minimum absolute atomic E-state index is 0.168. The molecule has 2 nitrogen and oxygen atoms in total. The molecule has 3 heteroatoms. The van der Waals surface area contributed by atoms with Gasteiger partial charge in [0.25, 0.3) is 0 Å². The molecule has 0 aliphatic carbocycles. The van der Waals surface area contributed by atoms with Crippen molar-refractivity contribution in [1.82, 2.24) is 4.98 Å². The van der Waals surface area contributed by atoms with E-state index < -0.39 is 0 Å². The number of aromatic nitrogens is 1. The second kappa shape index (κ2) is 4.41. The molecule has 0 amide bonds. The van der Waals surface area contributed by atoms with E-state index in [1.165, 1.54) is 4.88 Å². The maximum atomic E-state index is 6.12. The molecule has 0 aliphatic heterocycles. The van der Waals surface area contributed by atoms with E-state index in [-0.39, 0.29) is 6.04 Å². The molecule has 0 fully saturated rings. The maximum Gasteiger partial charge on any atom is 0.0798 e. The number of hydrogen-bond acceptors (Lipinski definition) is 3. The van der Waals surface area contributed by atoms with Crippen LogP contribution in [0.1, 0.15) is 50.2 Å². The first-order valence-electron chi connectivity index (χ1n) is 5.06. The summed E-state index contributed by atoms with van der Waals surface area (Å²) in [6, 6.07) is 0.168. The molecule has 1 atom stereocenters. The third kappa shape index (κ3) is 3.39. The number of thiazole rings is 1. The van der Waals surface area contributed by atoms with Crippen molar-refractivity contribution >= 4 is 11.3 Å². The number of rotatable bonds is 3. The second-order valence-corrected chi connectivity index (χ2v) is 5.89. The molecule has 0 radical (unpaired) electrons. The van der Waals surface area contributed by atoms with E-state index in [1.54, 1.807) is 11.3 Å². The van der Waals surface area contributed by atoms with Gasteiger partial charge in [0, 0.05) is 10.9 Å². The smallest absolute Gasteiger partial charge is 0.0798 e. The van der Waals surface area contributed by atoms with Gasteiger partial charge in [0.2, 0.25) is 0 Å². The first-order chi connectivity index (χ1) is 6.40. The highest BCUT2D eigenvalue weighted by atomic mass is 32.1. The van der Waals surface area contributed by atoms with Crippen molar-refractivity contribution in [3.8, 4) is 0 Å². The lowest BCUT2D eigenvalue weighted by atomic mass is 9.88. The number of aryl methyl sites for hydroxylation is 1. The van der Waals surface area contributed by atoms with E-state index in [4.69, 9.17) is 5.73 Å². The largest absolute Gasteiger partial charge is 0.323 e. The molecular formula is C11H20N2S. The second-order valence-electron chi connectivity index (χ2n) is 5.01. The highest BCUT2D eigenvalue weighted by Gasteiger charge is 2.16. The van der Waals surface area contributed by atoms with E-state index in [9.17, 15) is 0 Å². The summed E-state index contributed by atoms with van der Waals surface area (Å²) >= 11 is 1.67. The minimum atomic E-state index is 0.168. The third-order valence-electron chi connectivity index (χ3n) is 2.32. The highest BCUT2D eigenvalue weighted by Crippen LogP contribution is 2.28. The van der Waals surface area contributed by atoms with E-state index in [0.717, 1.165) is 18.5 Å². The Hall–Kier alpha value is -0.410. The quantitative estimate of drug-likeness (QED) is 0.835. The molecule has 0 saturated heterocycles. The van der Waals surface area contributed by atoms with Gasteiger partial charge in [-0.25, -0.2) is 4.98 Å². The Morgan fingerprint density at radius 3 is 2.57 bits per heavy atom. The van der Waals surface area contributed by atoms with Gasteiger partial charge < -0.3 is 5.73 Å². The Morgan fingerprint density at radius 2 is 2.14 bits per heavy atom. The van der Waals surface area contributed by atoms with Crippen LogP contribution in [-0.4, -0.2) is 4.98 Å². The van der Waals surface area contributed by atoms with Gasteiger partial charge in [0.15, 0.2) is 0 Å². The standard InChI is InChI=1S/C11H20N2S/c1-8-10(14-7-13-8)9(12)5-6-11(2,3)4/h7,9H,5-6,12H2,1-4H3. The zero-order valence-corrected chi connectivity index (χ0v) is 10.3. The van der Waals surface area contributed by atoms with Crippen molar-refractivity contribution in [2.45, 2.75) is 46.6 Å². The average molecular weight is 212 g/mol. The SMILES string of the molecule is Cc1ncsc1C(N)CCC(C)(C)C. The summed E-state index contributed by atoms with van der Waals surface area (Å²) in [7, 11) is 0. The van der Waals surface area contributed by atoms with Crippen LogP contribution >= 0.6 is 11.3 Å². The molecule has 1 unspecified atom stereocenters. The van der Waals surface area contributed by atoms with Gasteiger partial charge in [-0.1, -0.05) is 20.8 Å². The fraction of sp³-hybridized carbons (Fsp3) is 0.727. The van der Waals surface area contributed by atoms with Gasteiger partial charge in [-0.2, -0.15) is 0 Å². The predicted octanol–water partition coefficient (Wildman–Crippen LogP) is 3.28. The Bertz CT molecular complexity index is 286. The van der Waals surface area contributed by atoms with Crippen molar-refractivity contribution in [1.29, 1.82) is 0 Å². The van der Waals surface area contributed by atoms with Crippen LogP contribution < -0.4 is 5.73 Å². The van der Waals surface area contributed by atoms with Gasteiger partial charge in [-0.05, 0) is 25.2 Å². The van der Waals surface area contributed by atoms with Crippen LogP contribution in [0.2, 0.25) is 0 Å². The van der Waals surface area contributed by atoms with Crippen LogP contribution in [0.5, 0.6) is 0 Å². The van der Waals surface area contributed by atoms with Crippen LogP contribution in [0, 0.1) is 12.3 Å². The molecule has 2 N–H and O–H groups in total. The van der Waals surface area contributed by atoms with E-state index in [0.29, 0.717) is 5.41 Å². The summed E-state index contributed by atoms with van der Waals surface area (Å²) < 4.78 is 0. The predicted molar refractivity (Wildman–Crippen MR) is 62.5 cm³/mol. The third-order valence-corrected chi connectivity index (χ3v) is 3.39. The van der Waals surface area contributed by atoms with Crippen molar-refractivity contribution in [3.05, 3.63) is 16.1 Å². The fourth-order valence-electron chi connectivity index (χ4n) is 1.39. The summed E-state index contributed by atoms with van der Waals surface area (Å²) in [6.07, 6.45) is 2.21. The van der Waals surface area contributed by atoms with Gasteiger partial charge in [-0.3, -0.25) is 0 Å². The summed E-state index contributed by atoms with van der Waals surface area (Å²) in [5, 5.41) is 0. The van der Waals surface area contributed by atoms with Gasteiger partial charge in [0.1, 0.15) is 0 Å². The molecule has 1 rings (SSSR count). The Kier molecular flexibility index (Phi) is 3.67. The lowest BCUT2D eigenvalue weighted by Gasteiger charge is -2.20.